The van der Waals surface area contributed by atoms with Gasteiger partial charge in [-0.15, -0.1) is 11.3 Å². The van der Waals surface area contributed by atoms with Gasteiger partial charge in [0.05, 0.1) is 0 Å². The van der Waals surface area contributed by atoms with E-state index in [1.54, 1.807) is 0 Å². The molecule has 1 aliphatic rings. The van der Waals surface area contributed by atoms with E-state index >= 15 is 0 Å². The van der Waals surface area contributed by atoms with Crippen molar-refractivity contribution < 1.29 is 0 Å². The maximum atomic E-state index is 2.43. The molecular weight excluding hydrogens is 416 g/mol. The first-order valence-electron chi connectivity index (χ1n) is 11.6. The van der Waals surface area contributed by atoms with Crippen molar-refractivity contribution in [3.63, 3.8) is 0 Å². The fourth-order valence-corrected chi connectivity index (χ4v) is 7.44. The molecule has 0 saturated heterocycles. The summed E-state index contributed by atoms with van der Waals surface area (Å²) in [6, 6.07) is 33.9. The van der Waals surface area contributed by atoms with E-state index in [4.69, 9.17) is 0 Å². The molecule has 0 radical (unpaired) electrons. The molecule has 0 N–H and O–H groups in total. The molecule has 33 heavy (non-hydrogen) atoms. The first-order valence-corrected chi connectivity index (χ1v) is 12.4. The van der Waals surface area contributed by atoms with Gasteiger partial charge in [-0.1, -0.05) is 78.9 Å². The van der Waals surface area contributed by atoms with Crippen LogP contribution < -0.4 is 0 Å². The molecule has 0 spiro atoms. The second-order valence-corrected chi connectivity index (χ2v) is 10.4. The topological polar surface area (TPSA) is 0 Å². The normalized spacial score (nSPS) is 12.9. The molecule has 6 aromatic carbocycles. The fraction of sp³-hybridized carbons (Fsp3) is 0.0625. The highest BCUT2D eigenvalue weighted by atomic mass is 32.1. The van der Waals surface area contributed by atoms with Crippen LogP contribution in [-0.2, 0) is 6.42 Å². The summed E-state index contributed by atoms with van der Waals surface area (Å²) in [6.45, 7) is 2.26. The highest BCUT2D eigenvalue weighted by molar-refractivity contribution is 7.26. The van der Waals surface area contributed by atoms with Crippen LogP contribution in [0.25, 0.3) is 63.6 Å². The molecule has 1 aliphatic carbocycles. The molecular formula is C32H20S. The van der Waals surface area contributed by atoms with E-state index in [1.165, 1.54) is 80.3 Å². The van der Waals surface area contributed by atoms with Gasteiger partial charge in [0.2, 0.25) is 0 Å². The SMILES string of the molecule is Cc1cc2c(c3ccccc13)Cc1c-2c2ccccc2c2c1sc1cc3ccccc3cc12. The molecule has 0 atom stereocenters. The number of hydrogen-bond donors (Lipinski definition) is 0. The molecule has 0 bridgehead atoms. The van der Waals surface area contributed by atoms with Crippen LogP contribution in [0.3, 0.4) is 0 Å². The van der Waals surface area contributed by atoms with Crippen LogP contribution in [0.1, 0.15) is 16.7 Å². The lowest BCUT2D eigenvalue weighted by molar-refractivity contribution is 1.31. The third-order valence-electron chi connectivity index (χ3n) is 7.58. The van der Waals surface area contributed by atoms with Crippen LogP contribution in [0.5, 0.6) is 0 Å². The van der Waals surface area contributed by atoms with Crippen molar-refractivity contribution in [3.8, 4) is 11.1 Å². The van der Waals surface area contributed by atoms with Gasteiger partial charge < -0.3 is 0 Å². The first kappa shape index (κ1) is 17.8. The summed E-state index contributed by atoms with van der Waals surface area (Å²) in [6.07, 6.45) is 1.01. The molecule has 0 amide bonds. The Morgan fingerprint density at radius 3 is 2.09 bits per heavy atom. The summed E-state index contributed by atoms with van der Waals surface area (Å²) < 4.78 is 2.85. The van der Waals surface area contributed by atoms with Gasteiger partial charge in [0.15, 0.2) is 0 Å². The number of rotatable bonds is 0. The number of benzene rings is 6. The molecule has 1 aromatic heterocycles. The van der Waals surface area contributed by atoms with Crippen molar-refractivity contribution in [3.05, 3.63) is 108 Å². The number of aryl methyl sites for hydroxylation is 1. The van der Waals surface area contributed by atoms with Gasteiger partial charge in [-0.05, 0) is 79.2 Å². The summed E-state index contributed by atoms with van der Waals surface area (Å²) in [5.41, 5.74) is 7.26. The lowest BCUT2D eigenvalue weighted by atomic mass is 9.92. The zero-order valence-corrected chi connectivity index (χ0v) is 19.1. The van der Waals surface area contributed by atoms with Crippen LogP contribution in [-0.4, -0.2) is 0 Å². The van der Waals surface area contributed by atoms with Crippen LogP contribution in [0.15, 0.2) is 91.0 Å². The standard InChI is InChI=1S/C32H20S/c1-18-14-26-25(22-11-5-4-10-21(18)22)17-28-30(26)23-12-6-7-13-24(23)31-27-15-19-8-2-3-9-20(19)16-29(27)33-32(28)31/h2-16H,17H2,1H3. The lowest BCUT2D eigenvalue weighted by Crippen LogP contribution is -1.87. The Morgan fingerprint density at radius 1 is 0.606 bits per heavy atom. The Balaban J connectivity index is 1.59. The van der Waals surface area contributed by atoms with Crippen LogP contribution in [0, 0.1) is 6.92 Å². The van der Waals surface area contributed by atoms with Crippen LogP contribution >= 0.6 is 11.3 Å². The molecule has 0 saturated carbocycles. The molecule has 0 fully saturated rings. The van der Waals surface area contributed by atoms with Gasteiger partial charge in [0, 0.05) is 26.6 Å². The van der Waals surface area contributed by atoms with E-state index in [1.807, 2.05) is 11.3 Å². The van der Waals surface area contributed by atoms with Crippen LogP contribution in [0.4, 0.5) is 0 Å². The second-order valence-electron chi connectivity index (χ2n) is 9.34. The van der Waals surface area contributed by atoms with E-state index in [9.17, 15) is 0 Å². The number of fused-ring (bicyclic) bond motifs is 13. The highest BCUT2D eigenvalue weighted by Gasteiger charge is 2.28. The van der Waals surface area contributed by atoms with Gasteiger partial charge in [0.25, 0.3) is 0 Å². The van der Waals surface area contributed by atoms with Crippen molar-refractivity contribution >= 4 is 63.8 Å². The average molecular weight is 437 g/mol. The zero-order chi connectivity index (χ0) is 21.7. The smallest absolute Gasteiger partial charge is 0.0403 e. The van der Waals surface area contributed by atoms with Gasteiger partial charge >= 0.3 is 0 Å². The Bertz CT molecular complexity index is 1950. The summed E-state index contributed by atoms with van der Waals surface area (Å²) >= 11 is 1.98. The van der Waals surface area contributed by atoms with E-state index in [-0.39, 0.29) is 0 Å². The Labute approximate surface area is 195 Å². The van der Waals surface area contributed by atoms with E-state index in [0.717, 1.165) is 6.42 Å². The third kappa shape index (κ3) is 2.25. The number of thiophene rings is 1. The second kappa shape index (κ2) is 6.21. The monoisotopic (exact) mass is 436 g/mol. The van der Waals surface area contributed by atoms with E-state index in [0.29, 0.717) is 0 Å². The van der Waals surface area contributed by atoms with Crippen LogP contribution in [0.2, 0.25) is 0 Å². The largest absolute Gasteiger partial charge is 0.135 e. The van der Waals surface area contributed by atoms with E-state index in [2.05, 4.69) is 97.9 Å². The summed E-state index contributed by atoms with van der Waals surface area (Å²) in [4.78, 5) is 0. The van der Waals surface area contributed by atoms with E-state index < -0.39 is 0 Å². The van der Waals surface area contributed by atoms with Crippen molar-refractivity contribution in [2.45, 2.75) is 13.3 Å². The average Bonchev–Trinajstić information content (AvgIpc) is 3.42. The molecule has 1 heterocycles. The number of hydrogen-bond acceptors (Lipinski definition) is 1. The van der Waals surface area contributed by atoms with Crippen molar-refractivity contribution in [1.82, 2.24) is 0 Å². The minimum atomic E-state index is 1.01. The molecule has 0 aliphatic heterocycles. The van der Waals surface area contributed by atoms with Gasteiger partial charge in [-0.2, -0.15) is 0 Å². The third-order valence-corrected chi connectivity index (χ3v) is 8.80. The predicted octanol–water partition coefficient (Wildman–Crippen LogP) is 9.39. The van der Waals surface area contributed by atoms with Crippen molar-refractivity contribution in [2.75, 3.05) is 0 Å². The molecule has 0 unspecified atom stereocenters. The summed E-state index contributed by atoms with van der Waals surface area (Å²) in [7, 11) is 0. The quantitative estimate of drug-likeness (QED) is 0.222. The molecule has 8 rings (SSSR count). The zero-order valence-electron chi connectivity index (χ0n) is 18.3. The minimum Gasteiger partial charge on any atom is -0.135 e. The Hall–Kier alpha value is -3.68. The van der Waals surface area contributed by atoms with Gasteiger partial charge in [0.1, 0.15) is 0 Å². The lowest BCUT2D eigenvalue weighted by Gasteiger charge is -2.11. The fourth-order valence-electron chi connectivity index (χ4n) is 6.14. The summed E-state index contributed by atoms with van der Waals surface area (Å²) in [5, 5.41) is 11.0. The molecule has 1 heteroatoms. The molecule has 7 aromatic rings. The minimum absolute atomic E-state index is 1.01. The maximum Gasteiger partial charge on any atom is 0.0403 e. The molecule has 0 nitrogen and oxygen atoms in total. The van der Waals surface area contributed by atoms with Crippen molar-refractivity contribution in [2.24, 2.45) is 0 Å². The summed E-state index contributed by atoms with van der Waals surface area (Å²) in [5.74, 6) is 0. The Kier molecular flexibility index (Phi) is 3.36. The predicted molar refractivity (Wildman–Crippen MR) is 145 cm³/mol. The van der Waals surface area contributed by atoms with Gasteiger partial charge in [-0.3, -0.25) is 0 Å². The highest BCUT2D eigenvalue weighted by Crippen LogP contribution is 2.52. The maximum absolute atomic E-state index is 2.43. The molecule has 154 valence electrons. The Morgan fingerprint density at radius 2 is 1.27 bits per heavy atom. The first-order chi connectivity index (χ1) is 16.3. The van der Waals surface area contributed by atoms with Crippen molar-refractivity contribution in [1.29, 1.82) is 0 Å². The van der Waals surface area contributed by atoms with Gasteiger partial charge in [-0.25, -0.2) is 0 Å².